The normalized spacial score (nSPS) is 14.6. The molecule has 0 aliphatic carbocycles. The summed E-state index contributed by atoms with van der Waals surface area (Å²) in [7, 11) is 4.64. The van der Waals surface area contributed by atoms with E-state index in [-0.39, 0.29) is 17.3 Å². The quantitative estimate of drug-likeness (QED) is 0.512. The van der Waals surface area contributed by atoms with Crippen molar-refractivity contribution in [2.75, 3.05) is 27.9 Å². The minimum atomic E-state index is -0.658. The molecule has 9 nitrogen and oxygen atoms in total. The Kier molecular flexibility index (Phi) is 6.50. The number of rotatable bonds is 8. The molecule has 1 aliphatic rings. The molecule has 0 spiro atoms. The van der Waals surface area contributed by atoms with Gasteiger partial charge in [0.15, 0.2) is 0 Å². The maximum atomic E-state index is 10.0. The molecule has 1 unspecified atom stereocenters. The smallest absolute Gasteiger partial charge is 0.244 e. The molecule has 34 heavy (non-hydrogen) atoms. The molecule has 3 N–H and O–H groups in total. The zero-order valence-corrected chi connectivity index (χ0v) is 19.5. The maximum Gasteiger partial charge on any atom is 0.244 e. The zero-order valence-electron chi connectivity index (χ0n) is 19.5. The van der Waals surface area contributed by atoms with E-state index in [1.807, 2.05) is 24.3 Å². The van der Waals surface area contributed by atoms with Gasteiger partial charge in [0.1, 0.15) is 34.6 Å². The van der Waals surface area contributed by atoms with Gasteiger partial charge in [0.05, 0.1) is 45.1 Å². The summed E-state index contributed by atoms with van der Waals surface area (Å²) in [5.74, 6) is 1.87. The molecule has 4 rings (SSSR count). The van der Waals surface area contributed by atoms with Gasteiger partial charge in [-0.25, -0.2) is 0 Å². The number of fused-ring (bicyclic) bond motifs is 1. The largest absolute Gasteiger partial charge is 0.496 e. The fourth-order valence-electron chi connectivity index (χ4n) is 4.01. The molecule has 0 amide bonds. The summed E-state index contributed by atoms with van der Waals surface area (Å²) >= 11 is 0. The summed E-state index contributed by atoms with van der Waals surface area (Å²) in [5, 5.41) is 17.4. The summed E-state index contributed by atoms with van der Waals surface area (Å²) in [6, 6.07) is 13.3. The molecule has 0 saturated carbocycles. The van der Waals surface area contributed by atoms with Crippen LogP contribution in [0.2, 0.25) is 0 Å². The fourth-order valence-corrected chi connectivity index (χ4v) is 4.01. The van der Waals surface area contributed by atoms with Crippen LogP contribution in [-0.4, -0.2) is 38.1 Å². The van der Waals surface area contributed by atoms with Gasteiger partial charge in [0.25, 0.3) is 0 Å². The number of H-pyrrole nitrogens is 1. The van der Waals surface area contributed by atoms with Crippen molar-refractivity contribution in [2.24, 2.45) is 5.73 Å². The fraction of sp³-hybridized carbons (Fsp3) is 0.280. The van der Waals surface area contributed by atoms with Crippen molar-refractivity contribution in [3.05, 3.63) is 59.0 Å². The van der Waals surface area contributed by atoms with Crippen molar-refractivity contribution in [2.45, 2.75) is 19.3 Å². The summed E-state index contributed by atoms with van der Waals surface area (Å²) in [6.45, 7) is 2.69. The number of ether oxygens (including phenoxy) is 5. The Morgan fingerprint density at radius 3 is 2.26 bits per heavy atom. The van der Waals surface area contributed by atoms with E-state index in [1.54, 1.807) is 33.5 Å². The van der Waals surface area contributed by atoms with Gasteiger partial charge in [0, 0.05) is 23.3 Å². The van der Waals surface area contributed by atoms with Crippen LogP contribution in [0.1, 0.15) is 30.4 Å². The first kappa shape index (κ1) is 22.9. The second-order valence-corrected chi connectivity index (χ2v) is 7.56. The predicted molar refractivity (Wildman–Crippen MR) is 125 cm³/mol. The number of hydrogen-bond acceptors (Lipinski definition) is 8. The summed E-state index contributed by atoms with van der Waals surface area (Å²) in [6.07, 6.45) is 0.922. The molecule has 176 valence electrons. The minimum absolute atomic E-state index is 0.0266. The summed E-state index contributed by atoms with van der Waals surface area (Å²) in [4.78, 5) is 0. The van der Waals surface area contributed by atoms with Crippen LogP contribution in [0.3, 0.4) is 0 Å². The Morgan fingerprint density at radius 2 is 1.71 bits per heavy atom. The van der Waals surface area contributed by atoms with Crippen molar-refractivity contribution in [3.63, 3.8) is 0 Å². The van der Waals surface area contributed by atoms with E-state index in [1.165, 1.54) is 0 Å². The van der Waals surface area contributed by atoms with E-state index in [0.717, 1.165) is 17.7 Å². The summed E-state index contributed by atoms with van der Waals surface area (Å²) < 4.78 is 28.2. The highest BCUT2D eigenvalue weighted by atomic mass is 16.5. The van der Waals surface area contributed by atoms with Crippen molar-refractivity contribution < 1.29 is 23.7 Å². The maximum absolute atomic E-state index is 10.0. The number of allylic oxidation sites excluding steroid dienone is 1. The molecular formula is C25H26N4O5. The van der Waals surface area contributed by atoms with Crippen molar-refractivity contribution in [1.29, 1.82) is 5.26 Å². The third-order valence-electron chi connectivity index (χ3n) is 5.60. The van der Waals surface area contributed by atoms with Gasteiger partial charge in [-0.1, -0.05) is 6.92 Å². The first-order valence-electron chi connectivity index (χ1n) is 10.7. The highest BCUT2D eigenvalue weighted by Gasteiger charge is 2.39. The molecule has 3 aromatic rings. The van der Waals surface area contributed by atoms with Gasteiger partial charge < -0.3 is 29.4 Å². The molecule has 2 heterocycles. The van der Waals surface area contributed by atoms with Gasteiger partial charge in [0.2, 0.25) is 11.8 Å². The molecule has 1 aromatic heterocycles. The number of benzene rings is 2. The Balaban J connectivity index is 1.91. The van der Waals surface area contributed by atoms with Gasteiger partial charge >= 0.3 is 0 Å². The lowest BCUT2D eigenvalue weighted by Gasteiger charge is -2.27. The van der Waals surface area contributed by atoms with Crippen LogP contribution in [0.5, 0.6) is 28.9 Å². The van der Waals surface area contributed by atoms with E-state index in [4.69, 9.17) is 29.4 Å². The monoisotopic (exact) mass is 462 g/mol. The number of nitriles is 1. The van der Waals surface area contributed by atoms with Gasteiger partial charge in [-0.2, -0.15) is 5.26 Å². The zero-order chi connectivity index (χ0) is 24.2. The highest BCUT2D eigenvalue weighted by molar-refractivity contribution is 5.73. The van der Waals surface area contributed by atoms with Crippen LogP contribution < -0.4 is 29.4 Å². The van der Waals surface area contributed by atoms with E-state index in [0.29, 0.717) is 40.7 Å². The van der Waals surface area contributed by atoms with E-state index < -0.39 is 5.92 Å². The highest BCUT2D eigenvalue weighted by Crippen LogP contribution is 2.51. The number of aromatic nitrogens is 2. The first-order chi connectivity index (χ1) is 16.6. The molecule has 2 aromatic carbocycles. The number of nitrogens with two attached hydrogens (primary N) is 1. The van der Waals surface area contributed by atoms with Gasteiger partial charge in [-0.05, 0) is 30.7 Å². The number of methoxy groups -OCH3 is 3. The predicted octanol–water partition coefficient (Wildman–Crippen LogP) is 4.11. The van der Waals surface area contributed by atoms with Crippen LogP contribution in [0.25, 0.3) is 11.3 Å². The van der Waals surface area contributed by atoms with Crippen molar-refractivity contribution >= 4 is 0 Å². The second kappa shape index (κ2) is 9.67. The van der Waals surface area contributed by atoms with Crippen molar-refractivity contribution in [1.82, 2.24) is 10.2 Å². The Morgan fingerprint density at radius 1 is 1.03 bits per heavy atom. The molecule has 0 bridgehead atoms. The lowest BCUT2D eigenvalue weighted by Crippen LogP contribution is -2.21. The average molecular weight is 463 g/mol. The van der Waals surface area contributed by atoms with Crippen LogP contribution in [0.4, 0.5) is 0 Å². The van der Waals surface area contributed by atoms with Crippen LogP contribution >= 0.6 is 0 Å². The standard InChI is InChI=1S/C25H26N4O5/c1-5-10-33-15-8-6-14(7-9-15)23-22-20(17(13-26)24(27)34-25(22)29-28-23)21-18(31-3)11-16(30-2)12-19(21)32-4/h6-9,11-12,20H,5,10,27H2,1-4H3,(H,28,29). The number of nitrogens with zero attached hydrogens (tertiary/aromatic N) is 2. The number of hydrogen-bond donors (Lipinski definition) is 2. The van der Waals surface area contributed by atoms with Crippen LogP contribution in [0.15, 0.2) is 47.9 Å². The average Bonchev–Trinajstić information content (AvgIpc) is 3.29. The molecule has 0 radical (unpaired) electrons. The van der Waals surface area contributed by atoms with E-state index >= 15 is 0 Å². The minimum Gasteiger partial charge on any atom is -0.496 e. The second-order valence-electron chi connectivity index (χ2n) is 7.56. The molecule has 1 atom stereocenters. The lowest BCUT2D eigenvalue weighted by atomic mass is 9.82. The molecule has 0 fully saturated rings. The Labute approximate surface area is 197 Å². The topological polar surface area (TPSA) is 125 Å². The SMILES string of the molecule is CCCOc1ccc(-c2[nH]nc3c2C(c2c(OC)cc(OC)cc2OC)C(C#N)=C(N)O3)cc1. The van der Waals surface area contributed by atoms with Gasteiger partial charge in [-0.3, -0.25) is 5.10 Å². The molecule has 1 aliphatic heterocycles. The lowest BCUT2D eigenvalue weighted by molar-refractivity contribution is 0.317. The Bertz CT molecular complexity index is 1230. The summed E-state index contributed by atoms with van der Waals surface area (Å²) in [5.41, 5.74) is 9.15. The van der Waals surface area contributed by atoms with Crippen LogP contribution in [0, 0.1) is 11.3 Å². The molecule has 0 saturated heterocycles. The first-order valence-corrected chi connectivity index (χ1v) is 10.7. The molecular weight excluding hydrogens is 436 g/mol. The third-order valence-corrected chi connectivity index (χ3v) is 5.60. The number of nitrogens with one attached hydrogen (secondary N) is 1. The third kappa shape index (κ3) is 3.94. The van der Waals surface area contributed by atoms with Gasteiger partial charge in [-0.15, -0.1) is 5.10 Å². The number of aromatic amines is 1. The van der Waals surface area contributed by atoms with E-state index in [9.17, 15) is 5.26 Å². The molecule has 9 heteroatoms. The Hall–Kier alpha value is -4.32. The van der Waals surface area contributed by atoms with Crippen molar-refractivity contribution in [3.8, 4) is 46.2 Å². The van der Waals surface area contributed by atoms with E-state index in [2.05, 4.69) is 23.2 Å². The van der Waals surface area contributed by atoms with Crippen LogP contribution in [-0.2, 0) is 0 Å².